The Morgan fingerprint density at radius 3 is 2.89 bits per heavy atom. The van der Waals surface area contributed by atoms with Gasteiger partial charge in [-0.1, -0.05) is 0 Å². The van der Waals surface area contributed by atoms with E-state index in [-0.39, 0.29) is 29.7 Å². The fourth-order valence-electron chi connectivity index (χ4n) is 2.10. The van der Waals surface area contributed by atoms with Gasteiger partial charge < -0.3 is 15.0 Å². The minimum Gasteiger partial charge on any atom is -0.398 e. The maximum Gasteiger partial charge on any atom is 0.250 e. The fraction of sp³-hybridized carbons (Fsp3) is 0.583. The van der Waals surface area contributed by atoms with Crippen LogP contribution in [0.5, 0.6) is 0 Å². The van der Waals surface area contributed by atoms with Crippen molar-refractivity contribution in [3.63, 3.8) is 0 Å². The third-order valence-electron chi connectivity index (χ3n) is 3.11. The number of aryl methyl sites for hydroxylation is 1. The smallest absolute Gasteiger partial charge is 0.250 e. The predicted octanol–water partition coefficient (Wildman–Crippen LogP) is 0.0243. The Balaban J connectivity index is 1.97. The van der Waals surface area contributed by atoms with Crippen LogP contribution >= 0.6 is 0 Å². The molecule has 0 aliphatic carbocycles. The second-order valence-electron chi connectivity index (χ2n) is 4.74. The fourth-order valence-corrected chi connectivity index (χ4v) is 3.58. The molecular formula is C12H18N2O4S. The molecule has 0 bridgehead atoms. The summed E-state index contributed by atoms with van der Waals surface area (Å²) in [6.07, 6.45) is 2.97. The maximum atomic E-state index is 11.9. The van der Waals surface area contributed by atoms with Gasteiger partial charge in [0.25, 0.3) is 5.56 Å². The van der Waals surface area contributed by atoms with E-state index in [9.17, 15) is 13.2 Å². The predicted molar refractivity (Wildman–Crippen MR) is 72.7 cm³/mol. The van der Waals surface area contributed by atoms with Crippen LogP contribution < -0.4 is 11.3 Å². The first-order valence-corrected chi connectivity index (χ1v) is 8.06. The SMILES string of the molecule is Nc1ccc(=O)n(CCS(=O)(=O)CC2CCCO2)c1. The van der Waals surface area contributed by atoms with Gasteiger partial charge in [0.1, 0.15) is 0 Å². The van der Waals surface area contributed by atoms with Crippen LogP contribution in [0.4, 0.5) is 5.69 Å². The normalized spacial score (nSPS) is 19.7. The first-order chi connectivity index (χ1) is 8.96. The van der Waals surface area contributed by atoms with E-state index < -0.39 is 9.84 Å². The van der Waals surface area contributed by atoms with Crippen LogP contribution in [0.3, 0.4) is 0 Å². The molecule has 1 unspecified atom stereocenters. The van der Waals surface area contributed by atoms with Gasteiger partial charge in [-0.2, -0.15) is 0 Å². The lowest BCUT2D eigenvalue weighted by atomic mass is 10.3. The number of hydrogen-bond acceptors (Lipinski definition) is 5. The van der Waals surface area contributed by atoms with E-state index in [2.05, 4.69) is 0 Å². The molecule has 1 fully saturated rings. The Kier molecular flexibility index (Phi) is 4.26. The molecule has 0 radical (unpaired) electrons. The topological polar surface area (TPSA) is 91.4 Å². The molecule has 106 valence electrons. The number of nitrogens with zero attached hydrogens (tertiary/aromatic N) is 1. The lowest BCUT2D eigenvalue weighted by Crippen LogP contribution is -2.27. The highest BCUT2D eigenvalue weighted by Crippen LogP contribution is 2.14. The number of pyridine rings is 1. The van der Waals surface area contributed by atoms with Crippen molar-refractivity contribution in [2.45, 2.75) is 25.5 Å². The second-order valence-corrected chi connectivity index (χ2v) is 6.97. The maximum absolute atomic E-state index is 11.9. The van der Waals surface area contributed by atoms with Gasteiger partial charge in [0.2, 0.25) is 0 Å². The molecule has 1 aliphatic heterocycles. The van der Waals surface area contributed by atoms with E-state index in [1.54, 1.807) is 0 Å². The van der Waals surface area contributed by atoms with Crippen LogP contribution in [0, 0.1) is 0 Å². The molecular weight excluding hydrogens is 268 g/mol. The number of ether oxygens (including phenoxy) is 1. The summed E-state index contributed by atoms with van der Waals surface area (Å²) in [5.74, 6) is -0.0414. The lowest BCUT2D eigenvalue weighted by molar-refractivity contribution is 0.127. The molecule has 1 aromatic rings. The van der Waals surface area contributed by atoms with Crippen LogP contribution in [-0.4, -0.2) is 37.2 Å². The quantitative estimate of drug-likeness (QED) is 0.824. The minimum absolute atomic E-state index is 0.0318. The molecule has 0 saturated carbocycles. The average molecular weight is 286 g/mol. The van der Waals surface area contributed by atoms with E-state index in [4.69, 9.17) is 10.5 Å². The van der Waals surface area contributed by atoms with Crippen molar-refractivity contribution in [1.29, 1.82) is 0 Å². The van der Waals surface area contributed by atoms with Crippen molar-refractivity contribution in [2.75, 3.05) is 23.8 Å². The van der Waals surface area contributed by atoms with Gasteiger partial charge in [0.15, 0.2) is 9.84 Å². The summed E-state index contributed by atoms with van der Waals surface area (Å²) in [6.45, 7) is 0.758. The Labute approximate surface area is 112 Å². The zero-order chi connectivity index (χ0) is 13.9. The van der Waals surface area contributed by atoms with E-state index in [1.165, 1.54) is 22.9 Å². The first-order valence-electron chi connectivity index (χ1n) is 6.24. The van der Waals surface area contributed by atoms with E-state index in [1.807, 2.05) is 0 Å². The van der Waals surface area contributed by atoms with Gasteiger partial charge in [-0.25, -0.2) is 8.42 Å². The molecule has 2 rings (SSSR count). The van der Waals surface area contributed by atoms with Crippen molar-refractivity contribution in [2.24, 2.45) is 0 Å². The van der Waals surface area contributed by atoms with Gasteiger partial charge >= 0.3 is 0 Å². The third kappa shape index (κ3) is 4.07. The highest BCUT2D eigenvalue weighted by Gasteiger charge is 2.23. The number of rotatable bonds is 5. The monoisotopic (exact) mass is 286 g/mol. The second kappa shape index (κ2) is 5.75. The lowest BCUT2D eigenvalue weighted by Gasteiger charge is -2.11. The number of sulfone groups is 1. The molecule has 19 heavy (non-hydrogen) atoms. The molecule has 0 aromatic carbocycles. The summed E-state index contributed by atoms with van der Waals surface area (Å²) in [5.41, 5.74) is 5.76. The van der Waals surface area contributed by atoms with Crippen molar-refractivity contribution in [1.82, 2.24) is 4.57 Å². The minimum atomic E-state index is -3.22. The van der Waals surface area contributed by atoms with Crippen LogP contribution in [0.2, 0.25) is 0 Å². The third-order valence-corrected chi connectivity index (χ3v) is 4.80. The van der Waals surface area contributed by atoms with Crippen molar-refractivity contribution < 1.29 is 13.2 Å². The number of nitrogen functional groups attached to an aromatic ring is 1. The van der Waals surface area contributed by atoms with Crippen molar-refractivity contribution >= 4 is 15.5 Å². The summed E-state index contributed by atoms with van der Waals surface area (Å²) in [6, 6.07) is 2.84. The number of hydrogen-bond donors (Lipinski definition) is 1. The van der Waals surface area contributed by atoms with Crippen molar-refractivity contribution in [3.8, 4) is 0 Å². The zero-order valence-corrected chi connectivity index (χ0v) is 11.4. The van der Waals surface area contributed by atoms with Gasteiger partial charge in [-0.3, -0.25) is 4.79 Å². The molecule has 7 heteroatoms. The highest BCUT2D eigenvalue weighted by atomic mass is 32.2. The van der Waals surface area contributed by atoms with Crippen molar-refractivity contribution in [3.05, 3.63) is 28.7 Å². The molecule has 0 amide bonds. The zero-order valence-electron chi connectivity index (χ0n) is 10.6. The Morgan fingerprint density at radius 2 is 2.21 bits per heavy atom. The number of anilines is 1. The van der Waals surface area contributed by atoms with Gasteiger partial charge in [-0.05, 0) is 18.9 Å². The van der Waals surface area contributed by atoms with Crippen LogP contribution in [0.1, 0.15) is 12.8 Å². The standard InChI is InChI=1S/C12H18N2O4S/c13-10-3-4-12(15)14(8-10)5-7-19(16,17)9-11-2-1-6-18-11/h3-4,8,11H,1-2,5-7,9,13H2. The van der Waals surface area contributed by atoms with Crippen LogP contribution in [-0.2, 0) is 21.1 Å². The molecule has 1 aliphatic rings. The summed E-state index contributed by atoms with van der Waals surface area (Å²) in [4.78, 5) is 11.5. The molecule has 0 spiro atoms. The molecule has 1 atom stereocenters. The van der Waals surface area contributed by atoms with Crippen LogP contribution in [0.25, 0.3) is 0 Å². The van der Waals surface area contributed by atoms with Crippen LogP contribution in [0.15, 0.2) is 23.1 Å². The van der Waals surface area contributed by atoms with E-state index in [0.29, 0.717) is 12.3 Å². The van der Waals surface area contributed by atoms with Gasteiger partial charge in [0, 0.05) is 31.1 Å². The van der Waals surface area contributed by atoms with E-state index in [0.717, 1.165) is 12.8 Å². The molecule has 1 aromatic heterocycles. The molecule has 1 saturated heterocycles. The number of nitrogens with two attached hydrogens (primary N) is 1. The molecule has 2 heterocycles. The largest absolute Gasteiger partial charge is 0.398 e. The van der Waals surface area contributed by atoms with Gasteiger partial charge in [0.05, 0.1) is 17.6 Å². The summed E-state index contributed by atoms with van der Waals surface area (Å²) < 4.78 is 30.5. The van der Waals surface area contributed by atoms with E-state index >= 15 is 0 Å². The van der Waals surface area contributed by atoms with Gasteiger partial charge in [-0.15, -0.1) is 0 Å². The Bertz CT molecular complexity index is 588. The molecule has 6 nitrogen and oxygen atoms in total. The summed E-state index contributed by atoms with van der Waals surface area (Å²) >= 11 is 0. The highest BCUT2D eigenvalue weighted by molar-refractivity contribution is 7.91. The number of aromatic nitrogens is 1. The first kappa shape index (κ1) is 14.1. The molecule has 2 N–H and O–H groups in total. The summed E-state index contributed by atoms with van der Waals surface area (Å²) in [5, 5.41) is 0. The average Bonchev–Trinajstić information content (AvgIpc) is 2.82. The Morgan fingerprint density at radius 1 is 1.42 bits per heavy atom. The summed E-state index contributed by atoms with van der Waals surface area (Å²) in [7, 11) is -3.22. The Hall–Kier alpha value is -1.34.